The smallest absolute Gasteiger partial charge is 0.0766 e. The van der Waals surface area contributed by atoms with Crippen molar-refractivity contribution in [1.29, 1.82) is 0 Å². The molecule has 1 atom stereocenters. The molecule has 0 saturated heterocycles. The monoisotopic (exact) mass is 265 g/mol. The molecule has 2 nitrogen and oxygen atoms in total. The fourth-order valence-electron chi connectivity index (χ4n) is 2.37. The van der Waals surface area contributed by atoms with E-state index in [0.29, 0.717) is 12.6 Å². The van der Waals surface area contributed by atoms with Gasteiger partial charge in [-0.3, -0.25) is 0 Å². The van der Waals surface area contributed by atoms with Crippen molar-refractivity contribution >= 4 is 11.8 Å². The molecule has 0 fully saturated rings. The van der Waals surface area contributed by atoms with E-state index >= 15 is 0 Å². The SMILES string of the molecule is CCC(O)(CC)CNC1CCSc2ccccc21. The number of thioether (sulfide) groups is 1. The first-order valence-corrected chi connectivity index (χ1v) is 7.84. The van der Waals surface area contributed by atoms with Crippen molar-refractivity contribution in [3.05, 3.63) is 29.8 Å². The minimum absolute atomic E-state index is 0.395. The van der Waals surface area contributed by atoms with E-state index in [1.807, 2.05) is 11.8 Å². The van der Waals surface area contributed by atoms with Gasteiger partial charge in [-0.05, 0) is 36.6 Å². The van der Waals surface area contributed by atoms with E-state index in [4.69, 9.17) is 0 Å². The lowest BCUT2D eigenvalue weighted by molar-refractivity contribution is 0.0296. The highest BCUT2D eigenvalue weighted by atomic mass is 32.2. The molecule has 0 aliphatic carbocycles. The van der Waals surface area contributed by atoms with Gasteiger partial charge < -0.3 is 10.4 Å². The van der Waals surface area contributed by atoms with Gasteiger partial charge in [-0.1, -0.05) is 32.0 Å². The average Bonchev–Trinajstić information content (AvgIpc) is 2.44. The fourth-order valence-corrected chi connectivity index (χ4v) is 3.49. The lowest BCUT2D eigenvalue weighted by Crippen LogP contribution is -2.41. The van der Waals surface area contributed by atoms with Gasteiger partial charge in [-0.2, -0.15) is 0 Å². The molecular weight excluding hydrogens is 242 g/mol. The summed E-state index contributed by atoms with van der Waals surface area (Å²) in [5.74, 6) is 1.16. The average molecular weight is 265 g/mol. The van der Waals surface area contributed by atoms with Crippen molar-refractivity contribution < 1.29 is 5.11 Å². The van der Waals surface area contributed by atoms with Gasteiger partial charge in [0.05, 0.1) is 5.60 Å². The van der Waals surface area contributed by atoms with Crippen molar-refractivity contribution in [3.63, 3.8) is 0 Å². The summed E-state index contributed by atoms with van der Waals surface area (Å²) in [4.78, 5) is 1.39. The third kappa shape index (κ3) is 3.08. The first kappa shape index (κ1) is 13.9. The van der Waals surface area contributed by atoms with Gasteiger partial charge in [0, 0.05) is 17.5 Å². The quantitative estimate of drug-likeness (QED) is 0.856. The lowest BCUT2D eigenvalue weighted by Gasteiger charge is -2.31. The first-order valence-electron chi connectivity index (χ1n) is 6.86. The summed E-state index contributed by atoms with van der Waals surface area (Å²) >= 11 is 1.93. The van der Waals surface area contributed by atoms with Crippen LogP contribution in [0, 0.1) is 0 Å². The largest absolute Gasteiger partial charge is 0.389 e. The summed E-state index contributed by atoms with van der Waals surface area (Å²) in [7, 11) is 0. The zero-order valence-electron chi connectivity index (χ0n) is 11.3. The minimum atomic E-state index is -0.556. The van der Waals surface area contributed by atoms with Crippen LogP contribution in [0.4, 0.5) is 0 Å². The van der Waals surface area contributed by atoms with E-state index in [0.717, 1.165) is 25.0 Å². The molecule has 3 heteroatoms. The second-order valence-electron chi connectivity index (χ2n) is 5.04. The maximum atomic E-state index is 10.3. The summed E-state index contributed by atoms with van der Waals surface area (Å²) < 4.78 is 0. The van der Waals surface area contributed by atoms with Gasteiger partial charge in [0.1, 0.15) is 0 Å². The van der Waals surface area contributed by atoms with E-state index in [2.05, 4.69) is 43.4 Å². The standard InChI is InChI=1S/C15H23NOS/c1-3-15(17,4-2)11-16-13-9-10-18-14-8-6-5-7-12(13)14/h5-8,13,16-17H,3-4,9-11H2,1-2H3. The molecule has 1 aliphatic heterocycles. The molecule has 0 amide bonds. The Morgan fingerprint density at radius 3 is 2.78 bits per heavy atom. The maximum absolute atomic E-state index is 10.3. The highest BCUT2D eigenvalue weighted by Crippen LogP contribution is 2.36. The van der Waals surface area contributed by atoms with Gasteiger partial charge in [-0.25, -0.2) is 0 Å². The van der Waals surface area contributed by atoms with Crippen LogP contribution in [0.15, 0.2) is 29.2 Å². The van der Waals surface area contributed by atoms with Gasteiger partial charge in [0.25, 0.3) is 0 Å². The number of hydrogen-bond acceptors (Lipinski definition) is 3. The van der Waals surface area contributed by atoms with Crippen molar-refractivity contribution in [3.8, 4) is 0 Å². The number of hydrogen-bond donors (Lipinski definition) is 2. The van der Waals surface area contributed by atoms with Crippen LogP contribution in [0.5, 0.6) is 0 Å². The highest BCUT2D eigenvalue weighted by Gasteiger charge is 2.26. The van der Waals surface area contributed by atoms with Crippen LogP contribution in [-0.2, 0) is 0 Å². The Morgan fingerprint density at radius 2 is 2.06 bits per heavy atom. The summed E-state index contributed by atoms with van der Waals surface area (Å²) in [5.41, 5.74) is 0.836. The normalized spacial score (nSPS) is 19.6. The molecule has 1 heterocycles. The van der Waals surface area contributed by atoms with E-state index < -0.39 is 5.60 Å². The van der Waals surface area contributed by atoms with E-state index in [1.165, 1.54) is 10.5 Å². The Labute approximate surface area is 114 Å². The number of rotatable bonds is 5. The van der Waals surface area contributed by atoms with Crippen LogP contribution in [0.1, 0.15) is 44.7 Å². The van der Waals surface area contributed by atoms with Crippen LogP contribution in [0.2, 0.25) is 0 Å². The van der Waals surface area contributed by atoms with Crippen molar-refractivity contribution in [2.45, 2.75) is 49.6 Å². The second kappa shape index (κ2) is 6.09. The molecule has 1 unspecified atom stereocenters. The highest BCUT2D eigenvalue weighted by molar-refractivity contribution is 7.99. The first-order chi connectivity index (χ1) is 8.68. The third-order valence-electron chi connectivity index (χ3n) is 3.95. The summed E-state index contributed by atoms with van der Waals surface area (Å²) in [6.45, 7) is 4.79. The van der Waals surface area contributed by atoms with Gasteiger partial charge in [0.2, 0.25) is 0 Å². The molecule has 18 heavy (non-hydrogen) atoms. The summed E-state index contributed by atoms with van der Waals surface area (Å²) in [6, 6.07) is 9.00. The Hall–Kier alpha value is -0.510. The molecule has 0 bridgehead atoms. The van der Waals surface area contributed by atoms with Crippen molar-refractivity contribution in [2.75, 3.05) is 12.3 Å². The molecule has 0 aromatic heterocycles. The molecule has 100 valence electrons. The molecule has 1 aromatic rings. The predicted octanol–water partition coefficient (Wildman–Crippen LogP) is 3.36. The molecule has 1 aliphatic rings. The Balaban J connectivity index is 2.03. The van der Waals surface area contributed by atoms with Crippen LogP contribution in [0.25, 0.3) is 0 Å². The Morgan fingerprint density at radius 1 is 1.33 bits per heavy atom. The lowest BCUT2D eigenvalue weighted by atomic mass is 9.96. The molecule has 0 saturated carbocycles. The number of aliphatic hydroxyl groups is 1. The maximum Gasteiger partial charge on any atom is 0.0766 e. The fraction of sp³-hybridized carbons (Fsp3) is 0.600. The molecule has 2 N–H and O–H groups in total. The number of nitrogens with one attached hydrogen (secondary N) is 1. The molecule has 0 spiro atoms. The van der Waals surface area contributed by atoms with Crippen LogP contribution in [0.3, 0.4) is 0 Å². The van der Waals surface area contributed by atoms with Crippen molar-refractivity contribution in [1.82, 2.24) is 5.32 Å². The van der Waals surface area contributed by atoms with Crippen LogP contribution >= 0.6 is 11.8 Å². The van der Waals surface area contributed by atoms with Gasteiger partial charge in [-0.15, -0.1) is 11.8 Å². The van der Waals surface area contributed by atoms with Crippen molar-refractivity contribution in [2.24, 2.45) is 0 Å². The topological polar surface area (TPSA) is 32.3 Å². The van der Waals surface area contributed by atoms with E-state index in [1.54, 1.807) is 0 Å². The molecule has 2 rings (SSSR count). The summed E-state index contributed by atoms with van der Waals surface area (Å²) in [6.07, 6.45) is 2.75. The Kier molecular flexibility index (Phi) is 4.71. The third-order valence-corrected chi connectivity index (χ3v) is 5.07. The minimum Gasteiger partial charge on any atom is -0.389 e. The summed E-state index contributed by atoms with van der Waals surface area (Å²) in [5, 5.41) is 13.9. The van der Waals surface area contributed by atoms with Crippen LogP contribution < -0.4 is 5.32 Å². The number of benzene rings is 1. The predicted molar refractivity (Wildman–Crippen MR) is 78.1 cm³/mol. The second-order valence-corrected chi connectivity index (χ2v) is 6.18. The molecular formula is C15H23NOS. The van der Waals surface area contributed by atoms with Gasteiger partial charge in [0.15, 0.2) is 0 Å². The zero-order chi connectivity index (χ0) is 13.0. The molecule has 1 aromatic carbocycles. The van der Waals surface area contributed by atoms with Crippen LogP contribution in [-0.4, -0.2) is 23.0 Å². The molecule has 0 radical (unpaired) electrons. The van der Waals surface area contributed by atoms with Gasteiger partial charge >= 0.3 is 0 Å². The zero-order valence-corrected chi connectivity index (χ0v) is 12.1. The van der Waals surface area contributed by atoms with E-state index in [-0.39, 0.29) is 0 Å². The number of fused-ring (bicyclic) bond motifs is 1. The van der Waals surface area contributed by atoms with E-state index in [9.17, 15) is 5.11 Å². The Bertz CT molecular complexity index is 390.